The molecule has 1 heterocycles. The van der Waals surface area contributed by atoms with E-state index in [9.17, 15) is 9.59 Å². The molecule has 30 heavy (non-hydrogen) atoms. The molecule has 0 aliphatic carbocycles. The van der Waals surface area contributed by atoms with Crippen molar-refractivity contribution < 1.29 is 9.53 Å². The van der Waals surface area contributed by atoms with Gasteiger partial charge in [-0.1, -0.05) is 53.0 Å². The number of halogens is 3. The molecule has 0 unspecified atom stereocenters. The second-order valence-corrected chi connectivity index (χ2v) is 7.47. The van der Waals surface area contributed by atoms with Crippen LogP contribution >= 0.6 is 34.8 Å². The number of hydrogen-bond acceptors (Lipinski definition) is 5. The lowest BCUT2D eigenvalue weighted by molar-refractivity contribution is -0.144. The molecule has 0 bridgehead atoms. The first-order valence-corrected chi connectivity index (χ1v) is 10.1. The first kappa shape index (κ1) is 22.1. The standard InChI is InChI=1S/C20H17Cl3N4O3/c1-2-30-19(28)12-26-20(29)27(24-11-14-5-8-16(22)10-17(14)23)18(25-26)9-13-3-6-15(21)7-4-13/h3-8,10-11H,2,9,12H2,1H3. The molecule has 0 saturated carbocycles. The average Bonchev–Trinajstić information content (AvgIpc) is 2.97. The van der Waals surface area contributed by atoms with E-state index >= 15 is 0 Å². The highest BCUT2D eigenvalue weighted by Crippen LogP contribution is 2.19. The summed E-state index contributed by atoms with van der Waals surface area (Å²) in [5.74, 6) is -0.222. The van der Waals surface area contributed by atoms with Crippen LogP contribution in [0.25, 0.3) is 0 Å². The van der Waals surface area contributed by atoms with Crippen LogP contribution in [-0.2, 0) is 22.5 Å². The maximum absolute atomic E-state index is 12.8. The van der Waals surface area contributed by atoms with Crippen molar-refractivity contribution >= 4 is 47.0 Å². The number of hydrogen-bond donors (Lipinski definition) is 0. The van der Waals surface area contributed by atoms with E-state index in [1.807, 2.05) is 12.1 Å². The van der Waals surface area contributed by atoms with Gasteiger partial charge in [-0.2, -0.15) is 14.9 Å². The highest BCUT2D eigenvalue weighted by atomic mass is 35.5. The van der Waals surface area contributed by atoms with Crippen LogP contribution in [0, 0.1) is 0 Å². The summed E-state index contributed by atoms with van der Waals surface area (Å²) in [6, 6.07) is 12.0. The Morgan fingerprint density at radius 1 is 1.13 bits per heavy atom. The fraction of sp³-hybridized carbons (Fsp3) is 0.200. The molecule has 0 atom stereocenters. The van der Waals surface area contributed by atoms with Gasteiger partial charge in [-0.3, -0.25) is 4.79 Å². The van der Waals surface area contributed by atoms with E-state index in [0.29, 0.717) is 32.9 Å². The maximum atomic E-state index is 12.8. The van der Waals surface area contributed by atoms with E-state index < -0.39 is 11.7 Å². The van der Waals surface area contributed by atoms with E-state index in [0.717, 1.165) is 14.9 Å². The number of esters is 1. The Morgan fingerprint density at radius 2 is 1.83 bits per heavy atom. The van der Waals surface area contributed by atoms with Crippen molar-refractivity contribution in [1.82, 2.24) is 14.5 Å². The predicted molar refractivity (Wildman–Crippen MR) is 117 cm³/mol. The first-order chi connectivity index (χ1) is 14.4. The molecule has 0 aliphatic heterocycles. The minimum Gasteiger partial charge on any atom is -0.465 e. The van der Waals surface area contributed by atoms with Crippen LogP contribution in [0.3, 0.4) is 0 Å². The number of carbonyl (C=O) groups is 1. The van der Waals surface area contributed by atoms with Crippen LogP contribution in [0.15, 0.2) is 52.4 Å². The van der Waals surface area contributed by atoms with Gasteiger partial charge in [-0.15, -0.1) is 0 Å². The summed E-state index contributed by atoms with van der Waals surface area (Å²) in [7, 11) is 0. The predicted octanol–water partition coefficient (Wildman–Crippen LogP) is 4.04. The molecule has 3 rings (SSSR count). The SMILES string of the molecule is CCOC(=O)Cn1nc(Cc2ccc(Cl)cc2)n(N=Cc2ccc(Cl)cc2Cl)c1=O. The van der Waals surface area contributed by atoms with E-state index in [1.54, 1.807) is 37.3 Å². The van der Waals surface area contributed by atoms with Gasteiger partial charge < -0.3 is 4.74 Å². The number of aromatic nitrogens is 3. The molecule has 7 nitrogen and oxygen atoms in total. The second kappa shape index (κ2) is 9.93. The highest BCUT2D eigenvalue weighted by molar-refractivity contribution is 6.36. The van der Waals surface area contributed by atoms with Crippen molar-refractivity contribution in [2.75, 3.05) is 6.61 Å². The van der Waals surface area contributed by atoms with Crippen LogP contribution < -0.4 is 5.69 Å². The Bertz CT molecular complexity index is 1140. The van der Waals surface area contributed by atoms with Gasteiger partial charge in [0.2, 0.25) is 0 Å². The van der Waals surface area contributed by atoms with Gasteiger partial charge in [0.1, 0.15) is 6.54 Å². The number of carbonyl (C=O) groups excluding carboxylic acids is 1. The lowest BCUT2D eigenvalue weighted by atomic mass is 10.1. The zero-order valence-corrected chi connectivity index (χ0v) is 18.2. The van der Waals surface area contributed by atoms with E-state index in [1.165, 1.54) is 6.21 Å². The van der Waals surface area contributed by atoms with Crippen LogP contribution in [-0.4, -0.2) is 33.2 Å². The molecule has 1 aromatic heterocycles. The zero-order valence-electron chi connectivity index (χ0n) is 15.9. The number of rotatable bonds is 7. The van der Waals surface area contributed by atoms with E-state index in [-0.39, 0.29) is 13.2 Å². The van der Waals surface area contributed by atoms with Crippen LogP contribution in [0.5, 0.6) is 0 Å². The quantitative estimate of drug-likeness (QED) is 0.388. The molecule has 0 radical (unpaired) electrons. The van der Waals surface area contributed by atoms with Crippen LogP contribution in [0.4, 0.5) is 0 Å². The second-order valence-electron chi connectivity index (χ2n) is 6.19. The third kappa shape index (κ3) is 5.50. The Hall–Kier alpha value is -2.61. The fourth-order valence-electron chi connectivity index (χ4n) is 2.61. The van der Waals surface area contributed by atoms with Gasteiger partial charge in [-0.25, -0.2) is 9.48 Å². The lowest BCUT2D eigenvalue weighted by Gasteiger charge is -2.02. The topological polar surface area (TPSA) is 78.5 Å². The average molecular weight is 468 g/mol. The summed E-state index contributed by atoms with van der Waals surface area (Å²) in [4.78, 5) is 24.6. The molecule has 0 amide bonds. The van der Waals surface area contributed by atoms with Crippen molar-refractivity contribution in [2.24, 2.45) is 5.10 Å². The zero-order chi connectivity index (χ0) is 21.7. The summed E-state index contributed by atoms with van der Waals surface area (Å²) in [6.45, 7) is 1.58. The molecule has 0 N–H and O–H groups in total. The molecule has 156 valence electrons. The molecule has 0 aliphatic rings. The van der Waals surface area contributed by atoms with Crippen LogP contribution in [0.1, 0.15) is 23.9 Å². The summed E-state index contributed by atoms with van der Waals surface area (Å²) in [6.07, 6.45) is 1.73. The summed E-state index contributed by atoms with van der Waals surface area (Å²) in [5, 5.41) is 9.98. The first-order valence-electron chi connectivity index (χ1n) is 8.95. The smallest absolute Gasteiger partial charge is 0.367 e. The van der Waals surface area contributed by atoms with Gasteiger partial charge in [0.25, 0.3) is 0 Å². The number of nitrogens with zero attached hydrogens (tertiary/aromatic N) is 4. The maximum Gasteiger partial charge on any atom is 0.367 e. The fourth-order valence-corrected chi connectivity index (χ4v) is 3.20. The van der Waals surface area contributed by atoms with E-state index in [4.69, 9.17) is 39.5 Å². The van der Waals surface area contributed by atoms with Gasteiger partial charge >= 0.3 is 11.7 Å². The van der Waals surface area contributed by atoms with Crippen molar-refractivity contribution in [3.63, 3.8) is 0 Å². The van der Waals surface area contributed by atoms with Crippen molar-refractivity contribution in [3.05, 3.63) is 85.0 Å². The molecule has 0 fully saturated rings. The van der Waals surface area contributed by atoms with E-state index in [2.05, 4.69) is 10.2 Å². The number of benzene rings is 2. The highest BCUT2D eigenvalue weighted by Gasteiger charge is 2.16. The Balaban J connectivity index is 1.98. The van der Waals surface area contributed by atoms with Crippen molar-refractivity contribution in [3.8, 4) is 0 Å². The number of ether oxygens (including phenoxy) is 1. The Kier molecular flexibility index (Phi) is 7.31. The molecular weight excluding hydrogens is 451 g/mol. The third-order valence-corrected chi connectivity index (χ3v) is 4.83. The monoisotopic (exact) mass is 466 g/mol. The largest absolute Gasteiger partial charge is 0.465 e. The summed E-state index contributed by atoms with van der Waals surface area (Å²) >= 11 is 18.0. The molecule has 10 heteroatoms. The van der Waals surface area contributed by atoms with Crippen molar-refractivity contribution in [1.29, 1.82) is 0 Å². The molecule has 3 aromatic rings. The van der Waals surface area contributed by atoms with Gasteiger partial charge in [0.15, 0.2) is 5.82 Å². The van der Waals surface area contributed by atoms with Crippen molar-refractivity contribution in [2.45, 2.75) is 19.9 Å². The Labute approximate surface area is 187 Å². The molecule has 0 saturated heterocycles. The van der Waals surface area contributed by atoms with Crippen LogP contribution in [0.2, 0.25) is 15.1 Å². The molecule has 2 aromatic carbocycles. The minimum atomic E-state index is -0.576. The van der Waals surface area contributed by atoms with Gasteiger partial charge in [0.05, 0.1) is 17.8 Å². The summed E-state index contributed by atoms with van der Waals surface area (Å²) in [5.41, 5.74) is 0.866. The molecule has 0 spiro atoms. The third-order valence-electron chi connectivity index (χ3n) is 4.02. The summed E-state index contributed by atoms with van der Waals surface area (Å²) < 4.78 is 7.05. The lowest BCUT2D eigenvalue weighted by Crippen LogP contribution is -2.27. The normalized spacial score (nSPS) is 11.2. The minimum absolute atomic E-state index is 0.207. The Morgan fingerprint density at radius 3 is 2.50 bits per heavy atom. The van der Waals surface area contributed by atoms with Gasteiger partial charge in [0, 0.05) is 22.0 Å². The molecular formula is C20H17Cl3N4O3. The van der Waals surface area contributed by atoms with Gasteiger partial charge in [-0.05, 0) is 36.8 Å².